The molecule has 0 rings (SSSR count). The number of halogens is 1. The third kappa shape index (κ3) is 8.83. The van der Waals surface area contributed by atoms with Crippen molar-refractivity contribution in [1.82, 2.24) is 4.90 Å². The average Bonchev–Trinajstić information content (AvgIpc) is 2.13. The molecule has 0 N–H and O–H groups in total. The van der Waals surface area contributed by atoms with Gasteiger partial charge in [-0.1, -0.05) is 27.2 Å². The topological polar surface area (TPSA) is 3.24 Å². The maximum Gasteiger partial charge on any atom is 0.0351 e. The molecular formula is C12H26ClN. The van der Waals surface area contributed by atoms with Crippen molar-refractivity contribution < 1.29 is 0 Å². The fraction of sp³-hybridized carbons (Fsp3) is 1.00. The average molecular weight is 220 g/mol. The van der Waals surface area contributed by atoms with Gasteiger partial charge in [0.05, 0.1) is 0 Å². The smallest absolute Gasteiger partial charge is 0.0351 e. The molecule has 0 aromatic heterocycles. The molecule has 0 aliphatic rings. The lowest BCUT2D eigenvalue weighted by atomic mass is 10.1. The zero-order valence-electron chi connectivity index (χ0n) is 10.1. The lowest BCUT2D eigenvalue weighted by Crippen LogP contribution is -2.28. The zero-order chi connectivity index (χ0) is 10.8. The summed E-state index contributed by atoms with van der Waals surface area (Å²) in [5.74, 6) is 1.60. The highest BCUT2D eigenvalue weighted by Gasteiger charge is 2.03. The lowest BCUT2D eigenvalue weighted by Gasteiger charge is -2.21. The molecule has 0 aliphatic carbocycles. The second kappa shape index (κ2) is 9.79. The van der Waals surface area contributed by atoms with Gasteiger partial charge in [0, 0.05) is 12.4 Å². The van der Waals surface area contributed by atoms with Crippen LogP contribution in [0.5, 0.6) is 0 Å². The minimum absolute atomic E-state index is 0.769. The number of rotatable bonds is 9. The second-order valence-corrected chi connectivity index (χ2v) is 4.80. The molecule has 0 spiro atoms. The van der Waals surface area contributed by atoms with Crippen LogP contribution >= 0.6 is 11.6 Å². The summed E-state index contributed by atoms with van der Waals surface area (Å²) in [4.78, 5) is 2.50. The van der Waals surface area contributed by atoms with E-state index in [1.807, 2.05) is 0 Å². The van der Waals surface area contributed by atoms with Gasteiger partial charge in [-0.05, 0) is 38.3 Å². The predicted molar refractivity (Wildman–Crippen MR) is 66.1 cm³/mol. The number of nitrogens with zero attached hydrogens (tertiary/aromatic N) is 1. The Bertz CT molecular complexity index is 115. The van der Waals surface area contributed by atoms with Gasteiger partial charge < -0.3 is 4.90 Å². The molecule has 0 unspecified atom stereocenters. The summed E-state index contributed by atoms with van der Waals surface area (Å²) < 4.78 is 0. The second-order valence-electron chi connectivity index (χ2n) is 4.42. The molecule has 0 aromatic carbocycles. The zero-order valence-corrected chi connectivity index (χ0v) is 10.8. The summed E-state index contributed by atoms with van der Waals surface area (Å²) >= 11 is 5.77. The molecule has 86 valence electrons. The summed E-state index contributed by atoms with van der Waals surface area (Å²) in [6, 6.07) is 0. The van der Waals surface area contributed by atoms with Crippen LogP contribution in [0.25, 0.3) is 0 Å². The summed E-state index contributed by atoms with van der Waals surface area (Å²) in [6.07, 6.45) is 5.24. The highest BCUT2D eigenvalue weighted by atomic mass is 35.5. The van der Waals surface area contributed by atoms with Gasteiger partial charge in [0.2, 0.25) is 0 Å². The summed E-state index contributed by atoms with van der Waals surface area (Å²) in [6.45, 7) is 10.3. The van der Waals surface area contributed by atoms with E-state index in [0.29, 0.717) is 0 Å². The molecule has 0 fully saturated rings. The van der Waals surface area contributed by atoms with E-state index in [1.54, 1.807) is 0 Å². The Morgan fingerprint density at radius 1 is 1.07 bits per heavy atom. The van der Waals surface area contributed by atoms with Crippen molar-refractivity contribution in [3.05, 3.63) is 0 Å². The Hall–Kier alpha value is 0.250. The van der Waals surface area contributed by atoms with E-state index in [9.17, 15) is 0 Å². The van der Waals surface area contributed by atoms with Crippen LogP contribution in [0.3, 0.4) is 0 Å². The van der Waals surface area contributed by atoms with Crippen molar-refractivity contribution in [2.45, 2.75) is 46.5 Å². The quantitative estimate of drug-likeness (QED) is 0.534. The van der Waals surface area contributed by atoms with Gasteiger partial charge in [-0.3, -0.25) is 0 Å². The van der Waals surface area contributed by atoms with Crippen LogP contribution in [0.2, 0.25) is 0 Å². The van der Waals surface area contributed by atoms with E-state index in [-0.39, 0.29) is 0 Å². The van der Waals surface area contributed by atoms with Gasteiger partial charge in [0.1, 0.15) is 0 Å². The maximum absolute atomic E-state index is 5.77. The maximum atomic E-state index is 5.77. The van der Waals surface area contributed by atoms with Crippen molar-refractivity contribution in [2.24, 2.45) is 5.92 Å². The number of unbranched alkanes of at least 4 members (excludes halogenated alkanes) is 1. The van der Waals surface area contributed by atoms with E-state index in [4.69, 9.17) is 11.6 Å². The van der Waals surface area contributed by atoms with E-state index in [1.165, 1.54) is 38.8 Å². The van der Waals surface area contributed by atoms with Crippen molar-refractivity contribution >= 4 is 11.6 Å². The first-order chi connectivity index (χ1) is 6.70. The van der Waals surface area contributed by atoms with Crippen molar-refractivity contribution in [3.63, 3.8) is 0 Å². The van der Waals surface area contributed by atoms with E-state index in [0.717, 1.165) is 18.3 Å². The fourth-order valence-corrected chi connectivity index (χ4v) is 1.80. The van der Waals surface area contributed by atoms with Crippen LogP contribution in [-0.4, -0.2) is 30.4 Å². The Kier molecular flexibility index (Phi) is 9.97. The normalized spacial score (nSPS) is 11.6. The van der Waals surface area contributed by atoms with Crippen LogP contribution in [0.4, 0.5) is 0 Å². The molecule has 0 saturated carbocycles. The van der Waals surface area contributed by atoms with Gasteiger partial charge in [-0.2, -0.15) is 0 Å². The molecule has 0 radical (unpaired) electrons. The lowest BCUT2D eigenvalue weighted by molar-refractivity contribution is 0.273. The molecule has 0 aromatic rings. The van der Waals surface area contributed by atoms with Gasteiger partial charge in [-0.25, -0.2) is 0 Å². The molecule has 14 heavy (non-hydrogen) atoms. The number of hydrogen-bond donors (Lipinski definition) is 0. The Balaban J connectivity index is 3.50. The summed E-state index contributed by atoms with van der Waals surface area (Å²) in [5.41, 5.74) is 0. The van der Waals surface area contributed by atoms with E-state index >= 15 is 0 Å². The molecular weight excluding hydrogens is 194 g/mol. The Morgan fingerprint density at radius 2 is 1.71 bits per heavy atom. The van der Waals surface area contributed by atoms with Crippen LogP contribution in [0, 0.1) is 5.92 Å². The minimum Gasteiger partial charge on any atom is -0.302 e. The van der Waals surface area contributed by atoms with Gasteiger partial charge >= 0.3 is 0 Å². The fourth-order valence-electron chi connectivity index (χ4n) is 1.56. The van der Waals surface area contributed by atoms with Crippen molar-refractivity contribution in [2.75, 3.05) is 25.5 Å². The third-order valence-electron chi connectivity index (χ3n) is 2.48. The molecule has 1 nitrogen and oxygen atoms in total. The Morgan fingerprint density at radius 3 is 2.21 bits per heavy atom. The van der Waals surface area contributed by atoms with E-state index < -0.39 is 0 Å². The largest absolute Gasteiger partial charge is 0.302 e. The standard InChI is InChI=1S/C12H26ClN/c1-4-5-9-14(11-8-13)10-6-7-12(2)3/h12H,4-11H2,1-3H3. The van der Waals surface area contributed by atoms with Gasteiger partial charge in [0.25, 0.3) is 0 Å². The molecule has 0 bridgehead atoms. The molecule has 0 atom stereocenters. The first-order valence-corrected chi connectivity index (χ1v) is 6.52. The summed E-state index contributed by atoms with van der Waals surface area (Å²) in [7, 11) is 0. The molecule has 0 saturated heterocycles. The van der Waals surface area contributed by atoms with Gasteiger partial charge in [-0.15, -0.1) is 11.6 Å². The predicted octanol–water partition coefficient (Wildman–Crippen LogP) is 3.76. The molecule has 0 amide bonds. The van der Waals surface area contributed by atoms with Crippen molar-refractivity contribution in [3.8, 4) is 0 Å². The third-order valence-corrected chi connectivity index (χ3v) is 2.65. The SMILES string of the molecule is CCCCN(CCCl)CCCC(C)C. The molecule has 0 heterocycles. The van der Waals surface area contributed by atoms with Gasteiger partial charge in [0.15, 0.2) is 0 Å². The highest BCUT2D eigenvalue weighted by Crippen LogP contribution is 2.05. The highest BCUT2D eigenvalue weighted by molar-refractivity contribution is 6.18. The monoisotopic (exact) mass is 219 g/mol. The van der Waals surface area contributed by atoms with E-state index in [2.05, 4.69) is 25.7 Å². The van der Waals surface area contributed by atoms with Crippen LogP contribution in [0.15, 0.2) is 0 Å². The van der Waals surface area contributed by atoms with Crippen LogP contribution < -0.4 is 0 Å². The number of hydrogen-bond acceptors (Lipinski definition) is 1. The molecule has 2 heteroatoms. The van der Waals surface area contributed by atoms with Crippen molar-refractivity contribution in [1.29, 1.82) is 0 Å². The molecule has 0 aliphatic heterocycles. The van der Waals surface area contributed by atoms with Crippen LogP contribution in [0.1, 0.15) is 46.5 Å². The van der Waals surface area contributed by atoms with Crippen LogP contribution in [-0.2, 0) is 0 Å². The first kappa shape index (κ1) is 14.2. The first-order valence-electron chi connectivity index (χ1n) is 5.99. The minimum atomic E-state index is 0.769. The summed E-state index contributed by atoms with van der Waals surface area (Å²) in [5, 5.41) is 0. The number of alkyl halides is 1. The Labute approximate surface area is 94.8 Å².